The van der Waals surface area contributed by atoms with E-state index < -0.39 is 10.0 Å². The largest absolute Gasteiger partial charge is 0.492 e. The van der Waals surface area contributed by atoms with Gasteiger partial charge >= 0.3 is 0 Å². The van der Waals surface area contributed by atoms with E-state index in [9.17, 15) is 8.42 Å². The lowest BCUT2D eigenvalue weighted by atomic mass is 10.3. The van der Waals surface area contributed by atoms with E-state index in [4.69, 9.17) is 10.5 Å². The van der Waals surface area contributed by atoms with Gasteiger partial charge in [-0.1, -0.05) is 19.9 Å². The number of hydrogen-bond donors (Lipinski definition) is 2. The molecule has 1 aromatic carbocycles. The molecule has 0 aliphatic rings. The maximum absolute atomic E-state index is 11.8. The van der Waals surface area contributed by atoms with Crippen molar-refractivity contribution in [1.29, 1.82) is 0 Å². The molecule has 6 heteroatoms. The van der Waals surface area contributed by atoms with Gasteiger partial charge < -0.3 is 10.5 Å². The molecule has 1 rings (SSSR count). The summed E-state index contributed by atoms with van der Waals surface area (Å²) in [7, 11) is -3.30. The number of rotatable bonds is 7. The number of benzene rings is 1. The van der Waals surface area contributed by atoms with Gasteiger partial charge in [-0.25, -0.2) is 8.42 Å². The van der Waals surface area contributed by atoms with E-state index in [0.29, 0.717) is 24.6 Å². The fourth-order valence-electron chi connectivity index (χ4n) is 1.49. The average molecular weight is 272 g/mol. The quantitative estimate of drug-likeness (QED) is 0.786. The van der Waals surface area contributed by atoms with Crippen molar-refractivity contribution in [2.45, 2.75) is 13.8 Å². The number of sulfonamides is 1. The fraction of sp³-hybridized carbons (Fsp3) is 0.500. The molecule has 0 bridgehead atoms. The molecular formula is C12H20N2O3S. The van der Waals surface area contributed by atoms with E-state index in [1.165, 1.54) is 0 Å². The summed E-state index contributed by atoms with van der Waals surface area (Å²) in [5, 5.41) is 0. The van der Waals surface area contributed by atoms with Gasteiger partial charge in [0.2, 0.25) is 10.0 Å². The number of nitrogens with two attached hydrogens (primary N) is 1. The van der Waals surface area contributed by atoms with E-state index >= 15 is 0 Å². The second-order valence-corrected chi connectivity index (χ2v) is 6.21. The zero-order valence-corrected chi connectivity index (χ0v) is 11.5. The van der Waals surface area contributed by atoms with Crippen molar-refractivity contribution in [3.05, 3.63) is 24.3 Å². The molecule has 0 aromatic heterocycles. The molecule has 0 amide bonds. The minimum absolute atomic E-state index is 0.0826. The van der Waals surface area contributed by atoms with Gasteiger partial charge in [-0.15, -0.1) is 0 Å². The third kappa shape index (κ3) is 5.37. The summed E-state index contributed by atoms with van der Waals surface area (Å²) in [5.41, 5.74) is 5.84. The minimum Gasteiger partial charge on any atom is -0.492 e. The van der Waals surface area contributed by atoms with Crippen LogP contribution in [0.4, 0.5) is 5.69 Å². The molecule has 0 saturated carbocycles. The Hall–Kier alpha value is -1.27. The first kappa shape index (κ1) is 14.8. The molecular weight excluding hydrogens is 252 g/mol. The van der Waals surface area contributed by atoms with E-state index in [2.05, 4.69) is 4.72 Å². The highest BCUT2D eigenvalue weighted by atomic mass is 32.2. The van der Waals surface area contributed by atoms with Gasteiger partial charge in [-0.3, -0.25) is 4.72 Å². The van der Waals surface area contributed by atoms with Crippen molar-refractivity contribution in [2.24, 2.45) is 11.7 Å². The third-order valence-corrected chi connectivity index (χ3v) is 3.70. The van der Waals surface area contributed by atoms with Crippen molar-refractivity contribution in [2.75, 3.05) is 23.6 Å². The van der Waals surface area contributed by atoms with Gasteiger partial charge in [0.25, 0.3) is 0 Å². The van der Waals surface area contributed by atoms with Crippen LogP contribution in [0.3, 0.4) is 0 Å². The van der Waals surface area contributed by atoms with Gasteiger partial charge in [0.15, 0.2) is 0 Å². The lowest BCUT2D eigenvalue weighted by Gasteiger charge is -2.11. The molecule has 0 aliphatic carbocycles. The first-order valence-electron chi connectivity index (χ1n) is 5.86. The summed E-state index contributed by atoms with van der Waals surface area (Å²) in [4.78, 5) is 0. The minimum atomic E-state index is -3.30. The van der Waals surface area contributed by atoms with Crippen molar-refractivity contribution in [1.82, 2.24) is 0 Å². The fourth-order valence-corrected chi connectivity index (χ4v) is 2.93. The normalized spacial score (nSPS) is 11.6. The Balaban J connectivity index is 2.72. The Morgan fingerprint density at radius 3 is 2.72 bits per heavy atom. The summed E-state index contributed by atoms with van der Waals surface area (Å²) in [6, 6.07) is 6.83. The summed E-state index contributed by atoms with van der Waals surface area (Å²) < 4.78 is 31.4. The Morgan fingerprint density at radius 1 is 1.39 bits per heavy atom. The van der Waals surface area contributed by atoms with Gasteiger partial charge in [0.05, 0.1) is 11.4 Å². The lowest BCUT2D eigenvalue weighted by molar-refractivity contribution is 0.328. The Labute approximate surface area is 108 Å². The lowest BCUT2D eigenvalue weighted by Crippen LogP contribution is -2.20. The van der Waals surface area contributed by atoms with E-state index in [1.807, 2.05) is 13.8 Å². The van der Waals surface area contributed by atoms with Crippen LogP contribution in [-0.2, 0) is 10.0 Å². The molecule has 0 heterocycles. The summed E-state index contributed by atoms with van der Waals surface area (Å²) in [6.07, 6.45) is 0. The zero-order chi connectivity index (χ0) is 13.6. The van der Waals surface area contributed by atoms with Crippen molar-refractivity contribution in [3.63, 3.8) is 0 Å². The van der Waals surface area contributed by atoms with E-state index in [1.54, 1.807) is 24.3 Å². The molecule has 0 radical (unpaired) electrons. The van der Waals surface area contributed by atoms with Crippen LogP contribution in [0, 0.1) is 5.92 Å². The predicted molar refractivity (Wildman–Crippen MR) is 73.2 cm³/mol. The maximum atomic E-state index is 11.8. The predicted octanol–water partition coefficient (Wildman–Crippen LogP) is 1.42. The second-order valence-electron chi connectivity index (χ2n) is 4.44. The molecule has 3 N–H and O–H groups in total. The molecule has 0 saturated heterocycles. The third-order valence-electron chi connectivity index (χ3n) is 2.05. The summed E-state index contributed by atoms with van der Waals surface area (Å²) >= 11 is 0. The van der Waals surface area contributed by atoms with Gasteiger partial charge in [0, 0.05) is 12.6 Å². The second kappa shape index (κ2) is 6.61. The molecule has 18 heavy (non-hydrogen) atoms. The molecule has 5 nitrogen and oxygen atoms in total. The van der Waals surface area contributed by atoms with Crippen LogP contribution in [0.25, 0.3) is 0 Å². The molecule has 1 aromatic rings. The van der Waals surface area contributed by atoms with Gasteiger partial charge in [0.1, 0.15) is 12.4 Å². The average Bonchev–Trinajstić information content (AvgIpc) is 2.24. The molecule has 0 spiro atoms. The number of anilines is 1. The van der Waals surface area contributed by atoms with Gasteiger partial charge in [-0.2, -0.15) is 0 Å². The number of hydrogen-bond acceptors (Lipinski definition) is 4. The summed E-state index contributed by atoms with van der Waals surface area (Å²) in [5.74, 6) is 0.783. The van der Waals surface area contributed by atoms with Crippen molar-refractivity contribution < 1.29 is 13.2 Å². The topological polar surface area (TPSA) is 81.4 Å². The first-order valence-corrected chi connectivity index (χ1v) is 7.51. The Kier molecular flexibility index (Phi) is 5.43. The van der Waals surface area contributed by atoms with Gasteiger partial charge in [-0.05, 0) is 18.1 Å². The highest BCUT2D eigenvalue weighted by Gasteiger charge is 2.12. The summed E-state index contributed by atoms with van der Waals surface area (Å²) in [6.45, 7) is 4.55. The van der Waals surface area contributed by atoms with Crippen LogP contribution in [0.15, 0.2) is 24.3 Å². The smallest absolute Gasteiger partial charge is 0.232 e. The Bertz CT molecular complexity index is 472. The van der Waals surface area contributed by atoms with Crippen molar-refractivity contribution in [3.8, 4) is 5.75 Å². The standard InChI is InChI=1S/C12H20N2O3S/c1-10(2)9-18(15,16)14-11-4-3-5-12(8-11)17-7-6-13/h3-5,8,10,14H,6-7,9,13H2,1-2H3. The highest BCUT2D eigenvalue weighted by Crippen LogP contribution is 2.18. The van der Waals surface area contributed by atoms with E-state index in [-0.39, 0.29) is 11.7 Å². The molecule has 0 aliphatic heterocycles. The van der Waals surface area contributed by atoms with Crippen LogP contribution in [0.2, 0.25) is 0 Å². The van der Waals surface area contributed by atoms with E-state index in [0.717, 1.165) is 0 Å². The molecule has 0 atom stereocenters. The number of ether oxygens (including phenoxy) is 1. The monoisotopic (exact) mass is 272 g/mol. The highest BCUT2D eigenvalue weighted by molar-refractivity contribution is 7.92. The van der Waals surface area contributed by atoms with Crippen LogP contribution >= 0.6 is 0 Å². The molecule has 0 fully saturated rings. The Morgan fingerprint density at radius 2 is 2.11 bits per heavy atom. The molecule has 102 valence electrons. The van der Waals surface area contributed by atoms with Crippen LogP contribution in [0.5, 0.6) is 5.75 Å². The van der Waals surface area contributed by atoms with Crippen LogP contribution in [0.1, 0.15) is 13.8 Å². The SMILES string of the molecule is CC(C)CS(=O)(=O)Nc1cccc(OCCN)c1. The number of nitrogens with one attached hydrogen (secondary N) is 1. The first-order chi connectivity index (χ1) is 8.43. The van der Waals surface area contributed by atoms with Crippen LogP contribution in [-0.4, -0.2) is 27.3 Å². The maximum Gasteiger partial charge on any atom is 0.232 e. The molecule has 0 unspecified atom stereocenters. The van der Waals surface area contributed by atoms with Crippen molar-refractivity contribution >= 4 is 15.7 Å². The van der Waals surface area contributed by atoms with Crippen LogP contribution < -0.4 is 15.2 Å². The zero-order valence-electron chi connectivity index (χ0n) is 10.7.